The molecule has 1 fully saturated rings. The number of amides is 2. The second-order valence-corrected chi connectivity index (χ2v) is 16.1. The Labute approximate surface area is 361 Å². The van der Waals surface area contributed by atoms with Gasteiger partial charge in [-0.15, -0.1) is 28.2 Å². The Morgan fingerprint density at radius 3 is 2.20 bits per heavy atom. The van der Waals surface area contributed by atoms with Crippen LogP contribution in [0.2, 0.25) is 0 Å². The number of anilines is 1. The number of benzene rings is 4. The number of hydrogen-bond donors (Lipinski definition) is 2. The van der Waals surface area contributed by atoms with Gasteiger partial charge in [0.15, 0.2) is 5.13 Å². The maximum atomic E-state index is 13.9. The number of β-lactam (4-membered cyclic amide) rings is 1. The molecule has 2 amide bonds. The Morgan fingerprint density at radius 2 is 1.54 bits per heavy atom. The van der Waals surface area contributed by atoms with Gasteiger partial charge in [-0.05, 0) is 35.3 Å². The second kappa shape index (κ2) is 18.1. The minimum Gasteiger partial charge on any atom is -0.422 e. The van der Waals surface area contributed by atoms with Crippen LogP contribution in [0.25, 0.3) is 17.3 Å². The number of hydrogen-bond acceptors (Lipinski definition) is 15. The van der Waals surface area contributed by atoms with Crippen molar-refractivity contribution in [2.24, 2.45) is 5.16 Å². The summed E-state index contributed by atoms with van der Waals surface area (Å²) in [7, 11) is 0. The molecule has 61 heavy (non-hydrogen) atoms. The number of thioether (sulfide) groups is 1. The topological polar surface area (TPSA) is 188 Å². The van der Waals surface area contributed by atoms with Gasteiger partial charge in [0.2, 0.25) is 11.9 Å². The highest BCUT2D eigenvalue weighted by Gasteiger charge is 2.54. The van der Waals surface area contributed by atoms with Crippen LogP contribution in [0.5, 0.6) is 0 Å². The monoisotopic (exact) mass is 869 g/mol. The van der Waals surface area contributed by atoms with Crippen LogP contribution >= 0.6 is 34.6 Å². The number of nitrogens with one attached hydrogen (secondary N) is 1. The number of oxime groups is 1. The Balaban J connectivity index is 1.04. The third kappa shape index (κ3) is 8.57. The molecule has 0 radical (unpaired) electrons. The third-order valence-corrected chi connectivity index (χ3v) is 12.2. The van der Waals surface area contributed by atoms with Crippen LogP contribution in [0, 0.1) is 0 Å². The summed E-state index contributed by atoms with van der Waals surface area (Å²) < 4.78 is 14.8. The molecule has 4 aromatic carbocycles. The zero-order valence-corrected chi connectivity index (χ0v) is 34.6. The third-order valence-electron chi connectivity index (χ3n) is 9.70. The van der Waals surface area contributed by atoms with Gasteiger partial charge in [-0.2, -0.15) is 0 Å². The fourth-order valence-electron chi connectivity index (χ4n) is 6.96. The van der Waals surface area contributed by atoms with Crippen molar-refractivity contribution in [2.75, 3.05) is 11.5 Å². The predicted molar refractivity (Wildman–Crippen MR) is 233 cm³/mol. The van der Waals surface area contributed by atoms with Gasteiger partial charge in [0.05, 0.1) is 17.0 Å². The zero-order valence-electron chi connectivity index (χ0n) is 32.2. The molecule has 17 heteroatoms. The predicted octanol–water partition coefficient (Wildman–Crippen LogP) is 6.65. The molecular formula is C44H35N7O7S3. The molecule has 0 bridgehead atoms. The number of aromatic nitrogens is 3. The van der Waals surface area contributed by atoms with Crippen molar-refractivity contribution in [1.29, 1.82) is 0 Å². The normalized spacial score (nSPS) is 16.8. The van der Waals surface area contributed by atoms with Crippen LogP contribution in [0.3, 0.4) is 0 Å². The summed E-state index contributed by atoms with van der Waals surface area (Å²) in [5.41, 5.74) is 9.50. The summed E-state index contributed by atoms with van der Waals surface area (Å²) in [6.45, 7) is 1.41. The zero-order chi connectivity index (χ0) is 42.3. The van der Waals surface area contributed by atoms with Crippen molar-refractivity contribution in [2.45, 2.75) is 30.2 Å². The number of thiazole rings is 1. The van der Waals surface area contributed by atoms with Gasteiger partial charge >= 0.3 is 11.9 Å². The summed E-state index contributed by atoms with van der Waals surface area (Å²) in [4.78, 5) is 66.3. The van der Waals surface area contributed by atoms with E-state index in [0.717, 1.165) is 34.4 Å². The lowest BCUT2D eigenvalue weighted by atomic mass is 9.78. The molecule has 8 rings (SSSR count). The first-order valence-corrected chi connectivity index (χ1v) is 21.5. The summed E-state index contributed by atoms with van der Waals surface area (Å²) in [5, 5.41) is 14.4. The number of carbonyl (C=O) groups excluding carboxylic acids is 4. The Morgan fingerprint density at radius 1 is 0.885 bits per heavy atom. The SMILES string of the molecule is CC(OC(=O)C1=C(/C=C\c2csnn2)CSC2C(NC(=O)/C=N\OC(c3ccccc3)(c3ccccc3)c3ccccc3-c3csc(N)n3)C(=O)N12)OC(=O)c1ccccc1. The molecule has 3 N–H and O–H groups in total. The number of nitrogen functional groups attached to an aromatic ring is 1. The molecule has 3 unspecified atom stereocenters. The van der Waals surface area contributed by atoms with E-state index in [2.05, 4.69) is 25.0 Å². The molecule has 0 spiro atoms. The average Bonchev–Trinajstić information content (AvgIpc) is 3.99. The van der Waals surface area contributed by atoms with Crippen LogP contribution in [0.4, 0.5) is 5.13 Å². The number of ether oxygens (including phenoxy) is 2. The van der Waals surface area contributed by atoms with E-state index in [-0.39, 0.29) is 17.0 Å². The molecule has 0 aliphatic carbocycles. The highest BCUT2D eigenvalue weighted by atomic mass is 32.2. The van der Waals surface area contributed by atoms with Gasteiger partial charge in [-0.25, -0.2) is 14.6 Å². The average molecular weight is 870 g/mol. The van der Waals surface area contributed by atoms with Crippen molar-refractivity contribution < 1.29 is 33.5 Å². The molecule has 0 saturated carbocycles. The second-order valence-electron chi connectivity index (χ2n) is 13.5. The van der Waals surface area contributed by atoms with E-state index in [0.29, 0.717) is 27.7 Å². The van der Waals surface area contributed by atoms with Gasteiger partial charge in [-0.3, -0.25) is 14.5 Å². The molecule has 4 heterocycles. The van der Waals surface area contributed by atoms with Crippen LogP contribution in [-0.2, 0) is 34.3 Å². The molecule has 306 valence electrons. The van der Waals surface area contributed by atoms with Crippen LogP contribution in [0.15, 0.2) is 149 Å². The van der Waals surface area contributed by atoms with Gasteiger partial charge in [0.25, 0.3) is 11.8 Å². The highest BCUT2D eigenvalue weighted by Crippen LogP contribution is 2.45. The fourth-order valence-corrected chi connectivity index (χ4v) is 9.26. The van der Waals surface area contributed by atoms with E-state index in [4.69, 9.17) is 20.0 Å². The smallest absolute Gasteiger partial charge is 0.358 e. The lowest BCUT2D eigenvalue weighted by Crippen LogP contribution is -2.70. The molecule has 3 atom stereocenters. The summed E-state index contributed by atoms with van der Waals surface area (Å²) in [5.74, 6) is -2.56. The Hall–Kier alpha value is -6.95. The van der Waals surface area contributed by atoms with Gasteiger partial charge in [-0.1, -0.05) is 119 Å². The van der Waals surface area contributed by atoms with Crippen molar-refractivity contribution in [1.82, 2.24) is 24.8 Å². The minimum absolute atomic E-state index is 0.0469. The van der Waals surface area contributed by atoms with Crippen LogP contribution in [-0.4, -0.2) is 72.9 Å². The number of fused-ring (bicyclic) bond motifs is 1. The lowest BCUT2D eigenvalue weighted by molar-refractivity contribution is -0.166. The Kier molecular flexibility index (Phi) is 12.1. The molecule has 6 aromatic rings. The Bertz CT molecular complexity index is 2600. The van der Waals surface area contributed by atoms with Crippen molar-refractivity contribution in [3.8, 4) is 11.3 Å². The molecule has 2 aromatic heterocycles. The van der Waals surface area contributed by atoms with Crippen molar-refractivity contribution in [3.63, 3.8) is 0 Å². The van der Waals surface area contributed by atoms with Crippen LogP contribution in [0.1, 0.15) is 39.7 Å². The number of nitrogens with two attached hydrogens (primary N) is 1. The molecular weight excluding hydrogens is 835 g/mol. The quantitative estimate of drug-likeness (QED) is 0.0297. The molecule has 2 aliphatic heterocycles. The summed E-state index contributed by atoms with van der Waals surface area (Å²) in [6, 6.07) is 33.9. The number of nitrogens with zero attached hydrogens (tertiary/aromatic N) is 5. The number of allylic oxidation sites excluding steroid dienone is 1. The summed E-state index contributed by atoms with van der Waals surface area (Å²) in [6.07, 6.45) is 3.02. The van der Waals surface area contributed by atoms with E-state index in [1.807, 2.05) is 90.3 Å². The standard InChI is InChI=1S/C44H35N7O7S3/c1-27(56-41(54)28-13-5-2-6-14-28)57-42(55)38-29(21-22-32-25-61-50-49-32)24-59-40-37(39(53)51(38)40)48-36(52)23-46-58-44(30-15-7-3-8-16-30,31-17-9-4-10-18-31)34-20-12-11-19-33(34)35-26-60-43(45)47-35/h2-23,25-27,37,40H,24H2,1H3,(H2,45,47)(H,48,52)/b22-21-,46-23-. The lowest BCUT2D eigenvalue weighted by Gasteiger charge is -2.49. The van der Waals surface area contributed by atoms with E-state index in [1.54, 1.807) is 47.9 Å². The van der Waals surface area contributed by atoms with E-state index in [9.17, 15) is 19.2 Å². The maximum Gasteiger partial charge on any atom is 0.358 e. The molecule has 14 nitrogen and oxygen atoms in total. The molecule has 2 aliphatic rings. The number of carbonyl (C=O) groups is 4. The van der Waals surface area contributed by atoms with Crippen molar-refractivity contribution in [3.05, 3.63) is 171 Å². The van der Waals surface area contributed by atoms with E-state index < -0.39 is 47.1 Å². The van der Waals surface area contributed by atoms with E-state index >= 15 is 0 Å². The largest absolute Gasteiger partial charge is 0.422 e. The highest BCUT2D eigenvalue weighted by molar-refractivity contribution is 8.00. The molecule has 1 saturated heterocycles. The first-order valence-electron chi connectivity index (χ1n) is 18.8. The maximum absolute atomic E-state index is 13.9. The van der Waals surface area contributed by atoms with E-state index in [1.165, 1.54) is 34.9 Å². The first kappa shape index (κ1) is 40.8. The minimum atomic E-state index is -1.37. The first-order chi connectivity index (χ1) is 29.7. The van der Waals surface area contributed by atoms with Gasteiger partial charge in [0.1, 0.15) is 23.3 Å². The van der Waals surface area contributed by atoms with Gasteiger partial charge in [0, 0.05) is 45.7 Å². The number of rotatable bonds is 14. The van der Waals surface area contributed by atoms with Gasteiger partial charge < -0.3 is 25.4 Å². The van der Waals surface area contributed by atoms with Crippen LogP contribution < -0.4 is 11.1 Å². The summed E-state index contributed by atoms with van der Waals surface area (Å²) >= 11 is 3.83. The fraction of sp³-hybridized carbons (Fsp3) is 0.136. The van der Waals surface area contributed by atoms with Crippen molar-refractivity contribution >= 4 is 75.8 Å². The number of esters is 2.